The van der Waals surface area contributed by atoms with E-state index in [0.29, 0.717) is 5.82 Å². The van der Waals surface area contributed by atoms with E-state index >= 15 is 0 Å². The molecule has 2 aliphatic rings. The molecule has 4 heteroatoms. The lowest BCUT2D eigenvalue weighted by atomic mass is 9.77. The largest absolute Gasteiger partial charge is 0.351 e. The predicted octanol–water partition coefficient (Wildman–Crippen LogP) is 0.616. The molecule has 0 aromatic carbocycles. The smallest absolute Gasteiger partial charge is 0.290 e. The summed E-state index contributed by atoms with van der Waals surface area (Å²) in [6.07, 6.45) is 5.88. The highest BCUT2D eigenvalue weighted by atomic mass is 16.1. The van der Waals surface area contributed by atoms with Gasteiger partial charge < -0.3 is 9.88 Å². The molecule has 14 heavy (non-hydrogen) atoms. The Morgan fingerprint density at radius 3 is 2.64 bits per heavy atom. The minimum absolute atomic E-state index is 0.0613. The molecule has 1 aliphatic heterocycles. The molecule has 0 radical (unpaired) electrons. The van der Waals surface area contributed by atoms with Gasteiger partial charge in [-0.2, -0.15) is 0 Å². The Morgan fingerprint density at radius 1 is 1.36 bits per heavy atom. The molecule has 1 saturated heterocycles. The summed E-state index contributed by atoms with van der Waals surface area (Å²) in [6.45, 7) is 2.04. The third kappa shape index (κ3) is 1.06. The van der Waals surface area contributed by atoms with Crippen LogP contribution in [0.1, 0.15) is 12.8 Å². The molecule has 1 N–H and O–H groups in total. The maximum absolute atomic E-state index is 11.5. The molecule has 1 aromatic heterocycles. The summed E-state index contributed by atoms with van der Waals surface area (Å²) < 4.78 is 0. The van der Waals surface area contributed by atoms with E-state index in [1.807, 2.05) is 0 Å². The highest BCUT2D eigenvalue weighted by molar-refractivity contribution is 5.37. The molecule has 1 aliphatic carbocycles. The van der Waals surface area contributed by atoms with Crippen molar-refractivity contribution >= 4 is 5.82 Å². The summed E-state index contributed by atoms with van der Waals surface area (Å²) in [7, 11) is 0. The zero-order valence-electron chi connectivity index (χ0n) is 7.94. The molecule has 2 fully saturated rings. The average molecular weight is 191 g/mol. The molecule has 0 amide bonds. The van der Waals surface area contributed by atoms with Crippen molar-refractivity contribution in [3.8, 4) is 0 Å². The molecule has 3 rings (SSSR count). The number of anilines is 1. The van der Waals surface area contributed by atoms with E-state index < -0.39 is 0 Å². The number of H-pyrrole nitrogens is 1. The van der Waals surface area contributed by atoms with Crippen molar-refractivity contribution in [2.45, 2.75) is 12.8 Å². The SMILES string of the molecule is O=c1[nH]ccnc1N1CC2CCC2C1. The van der Waals surface area contributed by atoms with Gasteiger partial charge in [-0.15, -0.1) is 0 Å². The van der Waals surface area contributed by atoms with E-state index in [0.717, 1.165) is 24.9 Å². The van der Waals surface area contributed by atoms with Crippen LogP contribution in [0.2, 0.25) is 0 Å². The van der Waals surface area contributed by atoms with E-state index in [1.54, 1.807) is 12.4 Å². The first-order valence-corrected chi connectivity index (χ1v) is 5.13. The summed E-state index contributed by atoms with van der Waals surface area (Å²) in [6, 6.07) is 0. The van der Waals surface area contributed by atoms with Crippen LogP contribution in [-0.2, 0) is 0 Å². The molecule has 2 atom stereocenters. The summed E-state index contributed by atoms with van der Waals surface area (Å²) >= 11 is 0. The molecular weight excluding hydrogens is 178 g/mol. The average Bonchev–Trinajstić information content (AvgIpc) is 2.44. The maximum Gasteiger partial charge on any atom is 0.290 e. The van der Waals surface area contributed by atoms with Crippen LogP contribution in [0.5, 0.6) is 0 Å². The molecule has 1 saturated carbocycles. The van der Waals surface area contributed by atoms with Crippen LogP contribution in [-0.4, -0.2) is 23.1 Å². The third-order valence-electron chi connectivity index (χ3n) is 3.47. The lowest BCUT2D eigenvalue weighted by Gasteiger charge is -2.27. The highest BCUT2D eigenvalue weighted by Crippen LogP contribution is 2.40. The molecule has 2 heterocycles. The molecular formula is C10H13N3O. The first-order valence-electron chi connectivity index (χ1n) is 5.13. The van der Waals surface area contributed by atoms with Crippen molar-refractivity contribution in [3.05, 3.63) is 22.7 Å². The topological polar surface area (TPSA) is 49.0 Å². The van der Waals surface area contributed by atoms with Gasteiger partial charge in [0, 0.05) is 25.5 Å². The van der Waals surface area contributed by atoms with Gasteiger partial charge in [0.2, 0.25) is 0 Å². The first kappa shape index (κ1) is 8.03. The van der Waals surface area contributed by atoms with Crippen molar-refractivity contribution < 1.29 is 0 Å². The van der Waals surface area contributed by atoms with Gasteiger partial charge in [-0.25, -0.2) is 4.98 Å². The van der Waals surface area contributed by atoms with Crippen LogP contribution >= 0.6 is 0 Å². The molecule has 2 unspecified atom stereocenters. The Kier molecular flexibility index (Phi) is 1.63. The van der Waals surface area contributed by atoms with Crippen molar-refractivity contribution in [2.75, 3.05) is 18.0 Å². The van der Waals surface area contributed by atoms with Gasteiger partial charge in [-0.1, -0.05) is 0 Å². The molecule has 74 valence electrons. The highest BCUT2D eigenvalue weighted by Gasteiger charge is 2.40. The Balaban J connectivity index is 1.89. The van der Waals surface area contributed by atoms with Crippen LogP contribution in [0.25, 0.3) is 0 Å². The van der Waals surface area contributed by atoms with Gasteiger partial charge in [-0.3, -0.25) is 4.79 Å². The van der Waals surface area contributed by atoms with Crippen LogP contribution in [0, 0.1) is 11.8 Å². The van der Waals surface area contributed by atoms with Crippen LogP contribution in [0.4, 0.5) is 5.82 Å². The molecule has 4 nitrogen and oxygen atoms in total. The second-order valence-electron chi connectivity index (χ2n) is 4.24. The van der Waals surface area contributed by atoms with Crippen molar-refractivity contribution in [2.24, 2.45) is 11.8 Å². The number of aromatic nitrogens is 2. The van der Waals surface area contributed by atoms with Crippen LogP contribution in [0.3, 0.4) is 0 Å². The number of nitrogens with zero attached hydrogens (tertiary/aromatic N) is 2. The number of rotatable bonds is 1. The Labute approximate surface area is 82.0 Å². The van der Waals surface area contributed by atoms with Gasteiger partial charge in [0.05, 0.1) is 0 Å². The van der Waals surface area contributed by atoms with E-state index in [-0.39, 0.29) is 5.56 Å². The predicted molar refractivity (Wildman–Crippen MR) is 53.3 cm³/mol. The van der Waals surface area contributed by atoms with Crippen molar-refractivity contribution in [3.63, 3.8) is 0 Å². The number of aromatic amines is 1. The maximum atomic E-state index is 11.5. The Hall–Kier alpha value is -1.32. The lowest BCUT2D eigenvalue weighted by molar-refractivity contribution is 0.243. The van der Waals surface area contributed by atoms with E-state index in [2.05, 4.69) is 14.9 Å². The van der Waals surface area contributed by atoms with Crippen LogP contribution in [0.15, 0.2) is 17.2 Å². The van der Waals surface area contributed by atoms with Crippen molar-refractivity contribution in [1.82, 2.24) is 9.97 Å². The monoisotopic (exact) mass is 191 g/mol. The Morgan fingerprint density at radius 2 is 2.07 bits per heavy atom. The fourth-order valence-electron chi connectivity index (χ4n) is 2.50. The van der Waals surface area contributed by atoms with E-state index in [9.17, 15) is 4.79 Å². The number of nitrogens with one attached hydrogen (secondary N) is 1. The summed E-state index contributed by atoms with van der Waals surface area (Å²) in [5.74, 6) is 2.23. The quantitative estimate of drug-likeness (QED) is 0.707. The second kappa shape index (κ2) is 2.83. The van der Waals surface area contributed by atoms with Gasteiger partial charge in [-0.05, 0) is 24.7 Å². The van der Waals surface area contributed by atoms with Gasteiger partial charge >= 0.3 is 0 Å². The van der Waals surface area contributed by atoms with Gasteiger partial charge in [0.25, 0.3) is 5.56 Å². The normalized spacial score (nSPS) is 29.9. The summed E-state index contributed by atoms with van der Waals surface area (Å²) in [5.41, 5.74) is -0.0613. The first-order chi connectivity index (χ1) is 6.84. The van der Waals surface area contributed by atoms with E-state index in [1.165, 1.54) is 12.8 Å². The number of hydrogen-bond acceptors (Lipinski definition) is 3. The number of hydrogen-bond donors (Lipinski definition) is 1. The molecule has 0 spiro atoms. The van der Waals surface area contributed by atoms with Crippen molar-refractivity contribution in [1.29, 1.82) is 0 Å². The van der Waals surface area contributed by atoms with Crippen LogP contribution < -0.4 is 10.5 Å². The summed E-state index contributed by atoms with van der Waals surface area (Å²) in [4.78, 5) is 20.4. The van der Waals surface area contributed by atoms with E-state index in [4.69, 9.17) is 0 Å². The van der Waals surface area contributed by atoms with Gasteiger partial charge in [0.15, 0.2) is 5.82 Å². The summed E-state index contributed by atoms with van der Waals surface area (Å²) in [5, 5.41) is 0. The zero-order valence-corrected chi connectivity index (χ0v) is 7.94. The lowest BCUT2D eigenvalue weighted by Crippen LogP contribution is -2.27. The minimum atomic E-state index is -0.0613. The fraction of sp³-hybridized carbons (Fsp3) is 0.600. The fourth-order valence-corrected chi connectivity index (χ4v) is 2.50. The molecule has 1 aromatic rings. The van der Waals surface area contributed by atoms with Gasteiger partial charge in [0.1, 0.15) is 0 Å². The number of fused-ring (bicyclic) bond motifs is 1. The molecule has 0 bridgehead atoms. The second-order valence-corrected chi connectivity index (χ2v) is 4.24. The standard InChI is InChI=1S/C10H13N3O/c14-10-9(11-3-4-12-10)13-5-7-1-2-8(7)6-13/h3-4,7-8H,1-2,5-6H2,(H,12,14). The Bertz CT molecular complexity index is 388. The minimum Gasteiger partial charge on any atom is -0.351 e. The third-order valence-corrected chi connectivity index (χ3v) is 3.47. The zero-order chi connectivity index (χ0) is 9.54.